The Kier molecular flexibility index (Phi) is 5.87. The van der Waals surface area contributed by atoms with Gasteiger partial charge >= 0.3 is 0 Å². The first-order chi connectivity index (χ1) is 13.2. The van der Waals surface area contributed by atoms with Gasteiger partial charge in [0.1, 0.15) is 5.69 Å². The van der Waals surface area contributed by atoms with Gasteiger partial charge in [0.05, 0.1) is 0 Å². The lowest BCUT2D eigenvalue weighted by Crippen LogP contribution is -2.41. The monoisotopic (exact) mass is 381 g/mol. The van der Waals surface area contributed by atoms with Crippen LogP contribution >= 0.6 is 0 Å². The number of nitrogens with zero attached hydrogens (tertiary/aromatic N) is 3. The molecular weight excluding hydrogens is 350 g/mol. The number of aryl methyl sites for hydroxylation is 1. The van der Waals surface area contributed by atoms with E-state index in [0.717, 1.165) is 30.4 Å². The van der Waals surface area contributed by atoms with Crippen molar-refractivity contribution in [1.82, 2.24) is 15.3 Å². The number of aromatic nitrogens is 2. The lowest BCUT2D eigenvalue weighted by molar-refractivity contribution is 0.0914. The van der Waals surface area contributed by atoms with E-state index in [1.165, 1.54) is 18.5 Å². The van der Waals surface area contributed by atoms with Crippen LogP contribution in [0.2, 0.25) is 0 Å². The second-order valence-corrected chi connectivity index (χ2v) is 8.76. The number of nitrogens with one attached hydrogen (secondary N) is 2. The molecule has 3 rings (SSSR count). The third-order valence-corrected chi connectivity index (χ3v) is 4.85. The molecule has 0 aliphatic carbocycles. The second kappa shape index (κ2) is 8.17. The highest BCUT2D eigenvalue weighted by molar-refractivity contribution is 5.93. The molecule has 2 heterocycles. The minimum atomic E-state index is -0.314. The largest absolute Gasteiger partial charge is 0.372 e. The summed E-state index contributed by atoms with van der Waals surface area (Å²) in [5.41, 5.74) is 2.94. The van der Waals surface area contributed by atoms with E-state index in [2.05, 4.69) is 44.6 Å². The molecule has 1 saturated heterocycles. The maximum Gasteiger partial charge on any atom is 0.270 e. The first-order valence-corrected chi connectivity index (χ1v) is 10.00. The quantitative estimate of drug-likeness (QED) is 0.827. The molecule has 150 valence electrons. The Hall–Kier alpha value is -2.63. The Labute approximate surface area is 167 Å². The van der Waals surface area contributed by atoms with E-state index >= 15 is 0 Å². The van der Waals surface area contributed by atoms with Crippen LogP contribution in [0.4, 0.5) is 17.3 Å². The number of benzene rings is 1. The maximum atomic E-state index is 12.4. The first kappa shape index (κ1) is 20.1. The minimum Gasteiger partial charge on any atom is -0.372 e. The predicted molar refractivity (Wildman–Crippen MR) is 114 cm³/mol. The van der Waals surface area contributed by atoms with Crippen molar-refractivity contribution in [1.29, 1.82) is 0 Å². The van der Waals surface area contributed by atoms with Gasteiger partial charge in [-0.1, -0.05) is 6.92 Å². The molecule has 0 spiro atoms. The van der Waals surface area contributed by atoms with E-state index in [0.29, 0.717) is 11.6 Å². The van der Waals surface area contributed by atoms with E-state index in [1.54, 1.807) is 6.07 Å². The van der Waals surface area contributed by atoms with Crippen molar-refractivity contribution in [2.45, 2.75) is 53.0 Å². The number of carbonyl (C=O) groups is 1. The SMILES string of the molecule is Cc1cc(C(=O)NC(C)(C)C)nc(Nc2ccc(N3CCC(C)CC3)cc2)n1. The number of piperidine rings is 1. The van der Waals surface area contributed by atoms with Gasteiger partial charge in [0.15, 0.2) is 0 Å². The Morgan fingerprint density at radius 2 is 1.75 bits per heavy atom. The fourth-order valence-electron chi connectivity index (χ4n) is 3.30. The fraction of sp³-hybridized carbons (Fsp3) is 0.500. The topological polar surface area (TPSA) is 70.2 Å². The van der Waals surface area contributed by atoms with Crippen LogP contribution in [0.1, 0.15) is 56.7 Å². The summed E-state index contributed by atoms with van der Waals surface area (Å²) in [4.78, 5) is 23.7. The van der Waals surface area contributed by atoms with Gasteiger partial charge in [0.25, 0.3) is 5.91 Å². The fourth-order valence-corrected chi connectivity index (χ4v) is 3.30. The van der Waals surface area contributed by atoms with Crippen LogP contribution in [0, 0.1) is 12.8 Å². The summed E-state index contributed by atoms with van der Waals surface area (Å²) in [6.45, 7) is 12.2. The average molecular weight is 382 g/mol. The number of hydrogen-bond donors (Lipinski definition) is 2. The number of rotatable bonds is 4. The molecule has 0 bridgehead atoms. The van der Waals surface area contributed by atoms with Crippen LogP contribution in [-0.2, 0) is 0 Å². The highest BCUT2D eigenvalue weighted by Crippen LogP contribution is 2.25. The molecule has 1 aliphatic heterocycles. The predicted octanol–water partition coefficient (Wildman–Crippen LogP) is 4.29. The number of anilines is 3. The van der Waals surface area contributed by atoms with Crippen molar-refractivity contribution < 1.29 is 4.79 Å². The van der Waals surface area contributed by atoms with Crippen LogP contribution < -0.4 is 15.5 Å². The molecule has 0 unspecified atom stereocenters. The van der Waals surface area contributed by atoms with Gasteiger partial charge in [-0.2, -0.15) is 0 Å². The Morgan fingerprint density at radius 3 is 2.36 bits per heavy atom. The zero-order valence-corrected chi connectivity index (χ0v) is 17.5. The zero-order chi connectivity index (χ0) is 20.3. The number of amides is 1. The summed E-state index contributed by atoms with van der Waals surface area (Å²) >= 11 is 0. The highest BCUT2D eigenvalue weighted by Gasteiger charge is 2.18. The molecule has 1 aromatic carbocycles. The van der Waals surface area contributed by atoms with Gasteiger partial charge in [-0.15, -0.1) is 0 Å². The van der Waals surface area contributed by atoms with Crippen LogP contribution in [-0.4, -0.2) is 34.5 Å². The van der Waals surface area contributed by atoms with Crippen LogP contribution in [0.5, 0.6) is 0 Å². The van der Waals surface area contributed by atoms with Crippen molar-refractivity contribution in [2.24, 2.45) is 5.92 Å². The summed E-state index contributed by atoms with van der Waals surface area (Å²) in [5, 5.41) is 6.16. The molecule has 2 N–H and O–H groups in total. The molecule has 1 aromatic heterocycles. The normalized spacial score (nSPS) is 15.4. The summed E-state index contributed by atoms with van der Waals surface area (Å²) < 4.78 is 0. The molecule has 1 fully saturated rings. The van der Waals surface area contributed by atoms with Crippen molar-refractivity contribution in [3.63, 3.8) is 0 Å². The van der Waals surface area contributed by atoms with E-state index in [9.17, 15) is 4.79 Å². The van der Waals surface area contributed by atoms with Gasteiger partial charge in [0, 0.05) is 35.7 Å². The van der Waals surface area contributed by atoms with Crippen LogP contribution in [0.3, 0.4) is 0 Å². The summed E-state index contributed by atoms with van der Waals surface area (Å²) in [6, 6.07) is 10.0. The summed E-state index contributed by atoms with van der Waals surface area (Å²) in [6.07, 6.45) is 2.49. The second-order valence-electron chi connectivity index (χ2n) is 8.76. The standard InChI is InChI=1S/C22H31N5O/c1-15-10-12-27(13-11-15)18-8-6-17(7-9-18)24-21-23-16(2)14-19(25-21)20(28)26-22(3,4)5/h6-9,14-15H,10-13H2,1-5H3,(H,26,28)(H,23,24,25). The summed E-state index contributed by atoms with van der Waals surface area (Å²) in [7, 11) is 0. The molecule has 1 amide bonds. The Balaban J connectivity index is 1.70. The first-order valence-electron chi connectivity index (χ1n) is 10.00. The highest BCUT2D eigenvalue weighted by atomic mass is 16.2. The molecular formula is C22H31N5O. The number of hydrogen-bond acceptors (Lipinski definition) is 5. The molecule has 0 radical (unpaired) electrons. The van der Waals surface area contributed by atoms with Crippen molar-refractivity contribution in [3.05, 3.63) is 41.7 Å². The molecule has 0 atom stereocenters. The van der Waals surface area contributed by atoms with E-state index < -0.39 is 0 Å². The van der Waals surface area contributed by atoms with E-state index in [1.807, 2.05) is 39.8 Å². The van der Waals surface area contributed by atoms with Crippen LogP contribution in [0.25, 0.3) is 0 Å². The van der Waals surface area contributed by atoms with Crippen molar-refractivity contribution in [3.8, 4) is 0 Å². The van der Waals surface area contributed by atoms with Crippen molar-refractivity contribution >= 4 is 23.2 Å². The maximum absolute atomic E-state index is 12.4. The van der Waals surface area contributed by atoms with E-state index in [-0.39, 0.29) is 11.4 Å². The minimum absolute atomic E-state index is 0.198. The smallest absolute Gasteiger partial charge is 0.270 e. The number of carbonyl (C=O) groups excluding carboxylic acids is 1. The molecule has 2 aromatic rings. The molecule has 28 heavy (non-hydrogen) atoms. The third kappa shape index (κ3) is 5.44. The van der Waals surface area contributed by atoms with Gasteiger partial charge in [0.2, 0.25) is 5.95 Å². The van der Waals surface area contributed by atoms with Crippen LogP contribution in [0.15, 0.2) is 30.3 Å². The van der Waals surface area contributed by atoms with Gasteiger partial charge in [-0.25, -0.2) is 9.97 Å². The van der Waals surface area contributed by atoms with Gasteiger partial charge in [-0.3, -0.25) is 4.79 Å². The average Bonchev–Trinajstić information content (AvgIpc) is 2.61. The van der Waals surface area contributed by atoms with E-state index in [4.69, 9.17) is 0 Å². The molecule has 0 saturated carbocycles. The Bertz CT molecular complexity index is 818. The zero-order valence-electron chi connectivity index (χ0n) is 17.5. The molecule has 6 nitrogen and oxygen atoms in total. The van der Waals surface area contributed by atoms with Gasteiger partial charge in [-0.05, 0) is 76.8 Å². The lowest BCUT2D eigenvalue weighted by atomic mass is 9.99. The van der Waals surface area contributed by atoms with Gasteiger partial charge < -0.3 is 15.5 Å². The third-order valence-electron chi connectivity index (χ3n) is 4.85. The Morgan fingerprint density at radius 1 is 1.11 bits per heavy atom. The molecule has 6 heteroatoms. The van der Waals surface area contributed by atoms with Crippen molar-refractivity contribution in [2.75, 3.05) is 23.3 Å². The molecule has 1 aliphatic rings. The summed E-state index contributed by atoms with van der Waals surface area (Å²) in [5.74, 6) is 1.05. The lowest BCUT2D eigenvalue weighted by Gasteiger charge is -2.32.